The van der Waals surface area contributed by atoms with E-state index in [4.69, 9.17) is 0 Å². The number of carbonyl (C=O) groups excluding carboxylic acids is 2. The molecule has 0 aromatic heterocycles. The van der Waals surface area contributed by atoms with Crippen LogP contribution in [0.3, 0.4) is 0 Å². The third-order valence-electron chi connectivity index (χ3n) is 3.14. The predicted octanol–water partition coefficient (Wildman–Crippen LogP) is 2.20. The van der Waals surface area contributed by atoms with Gasteiger partial charge in [0.05, 0.1) is 5.69 Å². The van der Waals surface area contributed by atoms with Crippen LogP contribution < -0.4 is 5.32 Å². The summed E-state index contributed by atoms with van der Waals surface area (Å²) in [6.45, 7) is 0. The number of para-hydroxylation sites is 1. The van der Waals surface area contributed by atoms with E-state index in [-0.39, 0.29) is 11.6 Å². The molecule has 1 saturated heterocycles. The zero-order valence-corrected chi connectivity index (χ0v) is 10.6. The van der Waals surface area contributed by atoms with Crippen LogP contribution in [-0.4, -0.2) is 17.5 Å². The molecule has 0 unspecified atom stereocenters. The van der Waals surface area contributed by atoms with E-state index < -0.39 is 11.8 Å². The van der Waals surface area contributed by atoms with Gasteiger partial charge in [0, 0.05) is 0 Å². The highest BCUT2D eigenvalue weighted by molar-refractivity contribution is 6.52. The highest BCUT2D eigenvalue weighted by Gasteiger charge is 2.38. The fourth-order valence-electron chi connectivity index (χ4n) is 2.22. The molecule has 0 radical (unpaired) electrons. The number of benzene rings is 2. The Bertz CT molecular complexity index is 678. The number of nitrogens with one attached hydrogen (secondary N) is 1. The maximum absolute atomic E-state index is 12.0. The smallest absolute Gasteiger partial charge is 0.273 e. The van der Waals surface area contributed by atoms with Crippen molar-refractivity contribution in [2.45, 2.75) is 5.92 Å². The zero-order chi connectivity index (χ0) is 13.9. The number of rotatable bonds is 2. The van der Waals surface area contributed by atoms with Crippen LogP contribution >= 0.6 is 0 Å². The number of amides is 2. The average Bonchev–Trinajstić information content (AvgIpc) is 2.75. The second-order valence-electron chi connectivity index (χ2n) is 4.49. The second-order valence-corrected chi connectivity index (χ2v) is 4.49. The van der Waals surface area contributed by atoms with Gasteiger partial charge in [0.2, 0.25) is 5.91 Å². The molecule has 1 fully saturated rings. The molecule has 2 aromatic rings. The molecule has 0 aliphatic carbocycles. The van der Waals surface area contributed by atoms with E-state index in [9.17, 15) is 9.59 Å². The Balaban J connectivity index is 2.05. The maximum Gasteiger partial charge on any atom is 0.273 e. The van der Waals surface area contributed by atoms with Crippen molar-refractivity contribution in [2.75, 3.05) is 0 Å². The fourth-order valence-corrected chi connectivity index (χ4v) is 2.22. The number of imide groups is 1. The van der Waals surface area contributed by atoms with Gasteiger partial charge in [0.15, 0.2) is 0 Å². The van der Waals surface area contributed by atoms with Crippen molar-refractivity contribution in [3.05, 3.63) is 66.2 Å². The van der Waals surface area contributed by atoms with E-state index in [2.05, 4.69) is 10.3 Å². The van der Waals surface area contributed by atoms with E-state index in [1.807, 2.05) is 48.5 Å². The summed E-state index contributed by atoms with van der Waals surface area (Å²) < 4.78 is 0. The molecule has 4 nitrogen and oxygen atoms in total. The summed E-state index contributed by atoms with van der Waals surface area (Å²) in [5.41, 5.74) is 1.67. The molecule has 98 valence electrons. The van der Waals surface area contributed by atoms with Crippen molar-refractivity contribution in [3.8, 4) is 0 Å². The third-order valence-corrected chi connectivity index (χ3v) is 3.14. The lowest BCUT2D eigenvalue weighted by atomic mass is 9.96. The van der Waals surface area contributed by atoms with Crippen LogP contribution in [0.25, 0.3) is 0 Å². The van der Waals surface area contributed by atoms with Crippen molar-refractivity contribution in [2.24, 2.45) is 4.99 Å². The Kier molecular flexibility index (Phi) is 3.13. The van der Waals surface area contributed by atoms with Crippen molar-refractivity contribution < 1.29 is 9.59 Å². The van der Waals surface area contributed by atoms with Crippen LogP contribution in [0.5, 0.6) is 0 Å². The normalized spacial score (nSPS) is 20.2. The predicted molar refractivity (Wildman–Crippen MR) is 75.9 cm³/mol. The first-order valence-electron chi connectivity index (χ1n) is 6.29. The van der Waals surface area contributed by atoms with Gasteiger partial charge < -0.3 is 0 Å². The van der Waals surface area contributed by atoms with Crippen LogP contribution in [-0.2, 0) is 9.59 Å². The molecule has 4 heteroatoms. The van der Waals surface area contributed by atoms with Gasteiger partial charge in [-0.1, -0.05) is 48.5 Å². The third kappa shape index (κ3) is 2.23. The number of aliphatic imine (C=N–C) groups is 1. The largest absolute Gasteiger partial charge is 0.290 e. The molecule has 2 amide bonds. The minimum absolute atomic E-state index is 0.243. The highest BCUT2D eigenvalue weighted by Crippen LogP contribution is 2.25. The van der Waals surface area contributed by atoms with Gasteiger partial charge in [-0.25, -0.2) is 4.99 Å². The lowest BCUT2D eigenvalue weighted by molar-refractivity contribution is -0.124. The first-order valence-corrected chi connectivity index (χ1v) is 6.29. The summed E-state index contributed by atoms with van der Waals surface area (Å²) in [6, 6.07) is 18.3. The number of nitrogens with zero attached hydrogens (tertiary/aromatic N) is 1. The number of carbonyl (C=O) groups is 2. The van der Waals surface area contributed by atoms with Crippen molar-refractivity contribution in [3.63, 3.8) is 0 Å². The molecule has 1 atom stereocenters. The topological polar surface area (TPSA) is 58.5 Å². The molecule has 1 heterocycles. The van der Waals surface area contributed by atoms with Gasteiger partial charge in [-0.15, -0.1) is 0 Å². The molecule has 1 aliphatic rings. The average molecular weight is 264 g/mol. The first-order chi connectivity index (χ1) is 9.75. The second kappa shape index (κ2) is 5.09. The first kappa shape index (κ1) is 12.3. The molecular formula is C16H12N2O2. The minimum Gasteiger partial charge on any atom is -0.290 e. The Morgan fingerprint density at radius 3 is 2.10 bits per heavy atom. The van der Waals surface area contributed by atoms with Crippen LogP contribution in [0.2, 0.25) is 0 Å². The van der Waals surface area contributed by atoms with E-state index >= 15 is 0 Å². The molecule has 20 heavy (non-hydrogen) atoms. The minimum atomic E-state index is -0.635. The van der Waals surface area contributed by atoms with Crippen molar-refractivity contribution >= 4 is 23.2 Å². The lowest BCUT2D eigenvalue weighted by Gasteiger charge is -2.07. The van der Waals surface area contributed by atoms with Gasteiger partial charge in [-0.3, -0.25) is 14.9 Å². The Labute approximate surface area is 116 Å². The standard InChI is InChI=1S/C16H12N2O2/c19-15-13(11-7-3-1-4-8-11)14(16(20)18-15)17-12-9-5-2-6-10-12/h1-10,13H,(H,18,19,20)/t13-/m0/s1. The van der Waals surface area contributed by atoms with Crippen LogP contribution in [0.1, 0.15) is 11.5 Å². The maximum atomic E-state index is 12.0. The Morgan fingerprint density at radius 1 is 0.850 bits per heavy atom. The molecule has 0 bridgehead atoms. The fraction of sp³-hybridized carbons (Fsp3) is 0.0625. The summed E-state index contributed by atoms with van der Waals surface area (Å²) in [6.07, 6.45) is 0. The molecular weight excluding hydrogens is 252 g/mol. The summed E-state index contributed by atoms with van der Waals surface area (Å²) in [5, 5.41) is 2.33. The van der Waals surface area contributed by atoms with E-state index in [1.165, 1.54) is 0 Å². The van der Waals surface area contributed by atoms with Gasteiger partial charge in [0.25, 0.3) is 5.91 Å². The summed E-state index contributed by atoms with van der Waals surface area (Å²) in [4.78, 5) is 28.2. The molecule has 3 rings (SSSR count). The van der Waals surface area contributed by atoms with Gasteiger partial charge >= 0.3 is 0 Å². The lowest BCUT2D eigenvalue weighted by Crippen LogP contribution is -2.22. The SMILES string of the molecule is O=C1NC(=O)[C@@H](c2ccccc2)C1=Nc1ccccc1. The van der Waals surface area contributed by atoms with Gasteiger partial charge in [-0.05, 0) is 17.7 Å². The summed E-state index contributed by atoms with van der Waals surface area (Å²) in [5.74, 6) is -1.38. The number of hydrogen-bond donors (Lipinski definition) is 1. The zero-order valence-electron chi connectivity index (χ0n) is 10.6. The number of hydrogen-bond acceptors (Lipinski definition) is 3. The molecule has 0 spiro atoms. The molecule has 2 aromatic carbocycles. The van der Waals surface area contributed by atoms with Gasteiger partial charge in [0.1, 0.15) is 11.6 Å². The van der Waals surface area contributed by atoms with Crippen LogP contribution in [0.4, 0.5) is 5.69 Å². The van der Waals surface area contributed by atoms with E-state index in [1.54, 1.807) is 12.1 Å². The van der Waals surface area contributed by atoms with E-state index in [0.29, 0.717) is 5.69 Å². The quantitative estimate of drug-likeness (QED) is 0.845. The molecule has 1 N–H and O–H groups in total. The Hall–Kier alpha value is -2.75. The summed E-state index contributed by atoms with van der Waals surface area (Å²) >= 11 is 0. The monoisotopic (exact) mass is 264 g/mol. The van der Waals surface area contributed by atoms with Gasteiger partial charge in [-0.2, -0.15) is 0 Å². The highest BCUT2D eigenvalue weighted by atomic mass is 16.2. The summed E-state index contributed by atoms with van der Waals surface area (Å²) in [7, 11) is 0. The molecule has 1 aliphatic heterocycles. The van der Waals surface area contributed by atoms with Crippen molar-refractivity contribution in [1.29, 1.82) is 0 Å². The van der Waals surface area contributed by atoms with Crippen molar-refractivity contribution in [1.82, 2.24) is 5.32 Å². The van der Waals surface area contributed by atoms with E-state index in [0.717, 1.165) is 5.56 Å². The van der Waals surface area contributed by atoms with Crippen LogP contribution in [0, 0.1) is 0 Å². The van der Waals surface area contributed by atoms with Crippen LogP contribution in [0.15, 0.2) is 65.7 Å². The Morgan fingerprint density at radius 2 is 1.45 bits per heavy atom. The molecule has 0 saturated carbocycles.